The van der Waals surface area contributed by atoms with E-state index in [0.717, 1.165) is 54.6 Å². The van der Waals surface area contributed by atoms with Crippen molar-refractivity contribution < 1.29 is 22.8 Å². The number of primary amides is 2. The summed E-state index contributed by atoms with van der Waals surface area (Å²) in [4.78, 5) is 41.3. The lowest BCUT2D eigenvalue weighted by atomic mass is 9.89. The molecule has 2 heterocycles. The van der Waals surface area contributed by atoms with E-state index in [-0.39, 0.29) is 24.9 Å². The first kappa shape index (κ1) is 36.2. The molecule has 12 heteroatoms. The summed E-state index contributed by atoms with van der Waals surface area (Å²) in [6, 6.07) is 3.02. The van der Waals surface area contributed by atoms with E-state index in [2.05, 4.69) is 5.32 Å². The molecule has 4 amide bonds. The average molecular weight is 645 g/mol. The highest BCUT2D eigenvalue weighted by Gasteiger charge is 2.46. The lowest BCUT2D eigenvalue weighted by Gasteiger charge is -2.34. The van der Waals surface area contributed by atoms with E-state index in [9.17, 15) is 22.8 Å². The number of nitrogens with one attached hydrogen (secondary N) is 1. The molecule has 1 saturated heterocycles. The van der Waals surface area contributed by atoms with Gasteiger partial charge in [-0.2, -0.15) is 4.31 Å². The Balaban J connectivity index is 1.39. The summed E-state index contributed by atoms with van der Waals surface area (Å²) in [5.74, 6) is 0.398. The first-order chi connectivity index (χ1) is 21.3. The molecule has 0 radical (unpaired) electrons. The van der Waals surface area contributed by atoms with Crippen LogP contribution in [0.3, 0.4) is 0 Å². The molecule has 250 valence electrons. The van der Waals surface area contributed by atoms with Crippen molar-refractivity contribution in [1.29, 1.82) is 0 Å². The molecule has 0 aliphatic carbocycles. The number of carbonyl (C=O) groups excluding carboxylic acids is 3. The Morgan fingerprint density at radius 2 is 1.44 bits per heavy atom. The number of sulfonamides is 1. The Morgan fingerprint density at radius 3 is 1.96 bits per heavy atom. The van der Waals surface area contributed by atoms with Gasteiger partial charge in [-0.3, -0.25) is 19.5 Å². The Kier molecular flexibility index (Phi) is 13.6. The van der Waals surface area contributed by atoms with Gasteiger partial charge in [0.1, 0.15) is 11.4 Å². The predicted octanol–water partition coefficient (Wildman–Crippen LogP) is 5.04. The SMILES string of the molecule is Cc1cc(N(C)C(N)=O)cc(C)c1C=CS(=O)(=O)N1CCC2(CC1)N=C(CCCCCCCCCCCCCC(N)=O)NC2=O. The summed E-state index contributed by atoms with van der Waals surface area (Å²) in [7, 11) is -2.11. The van der Waals surface area contributed by atoms with E-state index in [1.165, 1.54) is 59.6 Å². The number of nitrogens with two attached hydrogens (primary N) is 2. The van der Waals surface area contributed by atoms with Crippen molar-refractivity contribution in [3.8, 4) is 0 Å². The van der Waals surface area contributed by atoms with Gasteiger partial charge in [0.05, 0.1) is 0 Å². The predicted molar refractivity (Wildman–Crippen MR) is 180 cm³/mol. The fraction of sp³-hybridized carbons (Fsp3) is 0.636. The Bertz CT molecular complexity index is 1340. The summed E-state index contributed by atoms with van der Waals surface area (Å²) in [5.41, 5.74) is 12.7. The summed E-state index contributed by atoms with van der Waals surface area (Å²) < 4.78 is 27.8. The fourth-order valence-electron chi connectivity index (χ4n) is 6.11. The van der Waals surface area contributed by atoms with Gasteiger partial charge in [-0.25, -0.2) is 13.2 Å². The minimum atomic E-state index is -3.70. The molecule has 0 aromatic heterocycles. The van der Waals surface area contributed by atoms with Crippen molar-refractivity contribution in [2.45, 2.75) is 116 Å². The number of urea groups is 1. The molecule has 11 nitrogen and oxygen atoms in total. The molecule has 2 aliphatic heterocycles. The van der Waals surface area contributed by atoms with Gasteiger partial charge in [0.25, 0.3) is 5.91 Å². The molecule has 0 atom stereocenters. The first-order valence-corrected chi connectivity index (χ1v) is 17.9. The van der Waals surface area contributed by atoms with Crippen LogP contribution < -0.4 is 21.7 Å². The zero-order valence-electron chi connectivity index (χ0n) is 27.3. The second-order valence-electron chi connectivity index (χ2n) is 12.5. The molecular formula is C33H52N6O5S. The summed E-state index contributed by atoms with van der Waals surface area (Å²) in [6.45, 7) is 4.17. The highest BCUT2D eigenvalue weighted by Crippen LogP contribution is 2.32. The van der Waals surface area contributed by atoms with E-state index in [1.807, 2.05) is 13.8 Å². The van der Waals surface area contributed by atoms with Crippen molar-refractivity contribution in [1.82, 2.24) is 9.62 Å². The first-order valence-electron chi connectivity index (χ1n) is 16.4. The highest BCUT2D eigenvalue weighted by molar-refractivity contribution is 7.92. The van der Waals surface area contributed by atoms with Gasteiger partial charge in [0.15, 0.2) is 0 Å². The summed E-state index contributed by atoms with van der Waals surface area (Å²) >= 11 is 0. The van der Waals surface area contributed by atoms with E-state index in [0.29, 0.717) is 24.9 Å². The molecule has 0 unspecified atom stereocenters. The van der Waals surface area contributed by atoms with Crippen LogP contribution in [0.1, 0.15) is 113 Å². The van der Waals surface area contributed by atoms with Crippen molar-refractivity contribution >= 4 is 45.5 Å². The van der Waals surface area contributed by atoms with Gasteiger partial charge in [-0.05, 0) is 74.4 Å². The Hall–Kier alpha value is -3.25. The summed E-state index contributed by atoms with van der Waals surface area (Å²) in [5, 5.41) is 4.18. The van der Waals surface area contributed by atoms with Gasteiger partial charge in [-0.15, -0.1) is 0 Å². The zero-order chi connectivity index (χ0) is 33.0. The molecule has 1 aromatic carbocycles. The minimum absolute atomic E-state index is 0.119. The zero-order valence-corrected chi connectivity index (χ0v) is 28.1. The number of hydrogen-bond donors (Lipinski definition) is 3. The molecule has 3 rings (SSSR count). The smallest absolute Gasteiger partial charge is 0.318 e. The molecule has 0 saturated carbocycles. The molecule has 0 bridgehead atoms. The van der Waals surface area contributed by atoms with Crippen molar-refractivity contribution in [2.75, 3.05) is 25.0 Å². The van der Waals surface area contributed by atoms with Crippen LogP contribution in [-0.2, 0) is 19.6 Å². The maximum absolute atomic E-state index is 13.2. The van der Waals surface area contributed by atoms with Crippen LogP contribution in [0.25, 0.3) is 6.08 Å². The number of aryl methyl sites for hydroxylation is 2. The molecule has 1 aromatic rings. The van der Waals surface area contributed by atoms with E-state index in [1.54, 1.807) is 25.3 Å². The maximum Gasteiger partial charge on any atom is 0.318 e. The number of anilines is 1. The molecule has 1 spiro atoms. The molecule has 45 heavy (non-hydrogen) atoms. The van der Waals surface area contributed by atoms with Gasteiger partial charge < -0.3 is 16.8 Å². The molecule has 2 aliphatic rings. The number of amides is 4. The quantitative estimate of drug-likeness (QED) is 0.190. The van der Waals surface area contributed by atoms with Gasteiger partial charge >= 0.3 is 6.03 Å². The maximum atomic E-state index is 13.2. The standard InChI is InChI=1S/C33H52N6O5S/c1-25-23-27(38(3)32(35)42)24-26(2)28(25)17-22-45(43,44)39-20-18-33(19-21-39)31(41)36-30(37-33)16-14-12-10-8-6-4-5-7-9-11-13-15-29(34)40/h17,22-24H,4-16,18-21H2,1-3H3,(H2,34,40)(H2,35,42)(H,36,37,41). The topological polar surface area (TPSA) is 168 Å². The number of nitrogens with zero attached hydrogens (tertiary/aromatic N) is 3. The average Bonchev–Trinajstić information content (AvgIpc) is 3.28. The Morgan fingerprint density at radius 1 is 0.933 bits per heavy atom. The van der Waals surface area contributed by atoms with Crippen molar-refractivity contribution in [2.24, 2.45) is 16.5 Å². The van der Waals surface area contributed by atoms with Crippen LogP contribution in [-0.4, -0.2) is 62.1 Å². The van der Waals surface area contributed by atoms with Crippen LogP contribution in [0, 0.1) is 13.8 Å². The number of unbranched alkanes of at least 4 members (excludes halogenated alkanes) is 10. The van der Waals surface area contributed by atoms with Gasteiger partial charge in [-0.1, -0.05) is 57.8 Å². The van der Waals surface area contributed by atoms with Crippen LogP contribution in [0.2, 0.25) is 0 Å². The number of hydrogen-bond acceptors (Lipinski definition) is 6. The normalized spacial score (nSPS) is 16.7. The monoisotopic (exact) mass is 644 g/mol. The number of rotatable bonds is 18. The van der Waals surface area contributed by atoms with Crippen LogP contribution in [0.5, 0.6) is 0 Å². The second-order valence-corrected chi connectivity index (χ2v) is 14.4. The van der Waals surface area contributed by atoms with E-state index >= 15 is 0 Å². The van der Waals surface area contributed by atoms with Crippen LogP contribution in [0.4, 0.5) is 10.5 Å². The number of carbonyl (C=O) groups is 3. The highest BCUT2D eigenvalue weighted by atomic mass is 32.2. The lowest BCUT2D eigenvalue weighted by molar-refractivity contribution is -0.125. The third-order valence-corrected chi connectivity index (χ3v) is 10.5. The summed E-state index contributed by atoms with van der Waals surface area (Å²) in [6.07, 6.45) is 16.0. The minimum Gasteiger partial charge on any atom is -0.370 e. The largest absolute Gasteiger partial charge is 0.370 e. The van der Waals surface area contributed by atoms with Gasteiger partial charge in [0, 0.05) is 44.1 Å². The van der Waals surface area contributed by atoms with E-state index in [4.69, 9.17) is 16.5 Å². The Labute approximate surface area is 268 Å². The second kappa shape index (κ2) is 16.9. The van der Waals surface area contributed by atoms with Crippen molar-refractivity contribution in [3.05, 3.63) is 34.2 Å². The third kappa shape index (κ3) is 10.7. The lowest BCUT2D eigenvalue weighted by Crippen LogP contribution is -2.50. The molecular weight excluding hydrogens is 592 g/mol. The third-order valence-electron chi connectivity index (χ3n) is 8.98. The van der Waals surface area contributed by atoms with Crippen molar-refractivity contribution in [3.63, 3.8) is 0 Å². The van der Waals surface area contributed by atoms with Crippen LogP contribution >= 0.6 is 0 Å². The number of aliphatic imine (C=N–C) groups is 1. The fourth-order valence-corrected chi connectivity index (χ4v) is 7.28. The molecule has 5 N–H and O–H groups in total. The number of benzene rings is 1. The number of piperidine rings is 1. The van der Waals surface area contributed by atoms with E-state index < -0.39 is 21.6 Å². The molecule has 1 fully saturated rings. The van der Waals surface area contributed by atoms with Gasteiger partial charge in [0.2, 0.25) is 15.9 Å². The number of amidine groups is 1. The van der Waals surface area contributed by atoms with Crippen LogP contribution in [0.15, 0.2) is 22.5 Å².